The molecule has 2 heterocycles. The number of para-hydroxylation sites is 1. The zero-order chi connectivity index (χ0) is 24.1. The smallest absolute Gasteiger partial charge is 0.251 e. The Morgan fingerprint density at radius 1 is 1.21 bits per heavy atom. The van der Waals surface area contributed by atoms with Crippen molar-refractivity contribution in [1.82, 2.24) is 25.1 Å². The van der Waals surface area contributed by atoms with Crippen LogP contribution < -0.4 is 10.6 Å². The number of carbonyl (C=O) groups is 2. The molecule has 0 aliphatic carbocycles. The molecule has 0 unspecified atom stereocenters. The van der Waals surface area contributed by atoms with Gasteiger partial charge in [0.1, 0.15) is 0 Å². The van der Waals surface area contributed by atoms with Gasteiger partial charge < -0.3 is 15.2 Å². The summed E-state index contributed by atoms with van der Waals surface area (Å²) < 4.78 is 2.87. The maximum atomic E-state index is 12.7. The molecule has 0 saturated carbocycles. The zero-order valence-corrected chi connectivity index (χ0v) is 20.4. The Hall–Kier alpha value is -3.50. The van der Waals surface area contributed by atoms with E-state index in [1.54, 1.807) is 12.1 Å². The van der Waals surface area contributed by atoms with Crippen molar-refractivity contribution in [1.29, 1.82) is 0 Å². The molecule has 10 heteroatoms. The number of hydrogen-bond acceptors (Lipinski definition) is 7. The van der Waals surface area contributed by atoms with Crippen LogP contribution in [0.1, 0.15) is 34.7 Å². The van der Waals surface area contributed by atoms with Gasteiger partial charge in [0.15, 0.2) is 16.1 Å². The van der Waals surface area contributed by atoms with Crippen LogP contribution in [-0.4, -0.2) is 37.3 Å². The summed E-state index contributed by atoms with van der Waals surface area (Å²) in [5.41, 5.74) is 2.45. The molecule has 0 aliphatic heterocycles. The largest absolute Gasteiger partial charge is 0.342 e. The van der Waals surface area contributed by atoms with Crippen LogP contribution in [0.4, 0.5) is 5.13 Å². The molecule has 0 bridgehead atoms. The number of thioether (sulfide) groups is 1. The number of nitrogens with zero attached hydrogens (tertiary/aromatic N) is 4. The van der Waals surface area contributed by atoms with Crippen molar-refractivity contribution in [3.63, 3.8) is 0 Å². The van der Waals surface area contributed by atoms with E-state index in [4.69, 9.17) is 0 Å². The highest BCUT2D eigenvalue weighted by molar-refractivity contribution is 7.99. The molecule has 4 aromatic rings. The molecule has 0 spiro atoms. The van der Waals surface area contributed by atoms with E-state index in [0.29, 0.717) is 28.2 Å². The van der Waals surface area contributed by atoms with E-state index >= 15 is 0 Å². The number of carbonyl (C=O) groups excluding carboxylic acids is 2. The third-order valence-corrected chi connectivity index (χ3v) is 6.86. The van der Waals surface area contributed by atoms with E-state index in [-0.39, 0.29) is 23.6 Å². The first-order valence-electron chi connectivity index (χ1n) is 10.6. The average molecular weight is 493 g/mol. The van der Waals surface area contributed by atoms with Gasteiger partial charge in [0.05, 0.1) is 22.0 Å². The number of fused-ring (bicyclic) bond motifs is 1. The van der Waals surface area contributed by atoms with Crippen LogP contribution in [0.2, 0.25) is 0 Å². The molecule has 4 rings (SSSR count). The van der Waals surface area contributed by atoms with Crippen LogP contribution in [0.3, 0.4) is 0 Å². The molecule has 2 amide bonds. The Bertz CT molecular complexity index is 1310. The molecule has 34 heavy (non-hydrogen) atoms. The normalized spacial score (nSPS) is 11.8. The van der Waals surface area contributed by atoms with Crippen molar-refractivity contribution < 1.29 is 9.59 Å². The third-order valence-electron chi connectivity index (χ3n) is 4.94. The molecule has 2 aromatic heterocycles. The minimum absolute atomic E-state index is 0.148. The van der Waals surface area contributed by atoms with Gasteiger partial charge in [-0.3, -0.25) is 9.59 Å². The molecule has 1 atom stereocenters. The standard InChI is InChI=1S/C24H24N6O2S2/c1-4-12-30-21(16(3)25-22(32)17-9-7-8-15(2)13-17)28-29-24(30)33-14-20(31)27-23-26-18-10-5-6-11-19(18)34-23/h4-11,13,16H,1,12,14H2,2-3H3,(H,25,32)(H,26,27,31)/t16-/m1/s1. The van der Waals surface area contributed by atoms with Crippen molar-refractivity contribution in [2.75, 3.05) is 11.1 Å². The maximum absolute atomic E-state index is 12.7. The second-order valence-electron chi connectivity index (χ2n) is 7.63. The summed E-state index contributed by atoms with van der Waals surface area (Å²) >= 11 is 2.70. The number of aromatic nitrogens is 4. The summed E-state index contributed by atoms with van der Waals surface area (Å²) in [6, 6.07) is 14.8. The molecule has 174 valence electrons. The third kappa shape index (κ3) is 5.52. The van der Waals surface area contributed by atoms with E-state index in [0.717, 1.165) is 15.8 Å². The highest BCUT2D eigenvalue weighted by Gasteiger charge is 2.20. The van der Waals surface area contributed by atoms with Crippen molar-refractivity contribution >= 4 is 50.3 Å². The number of anilines is 1. The average Bonchev–Trinajstić information content (AvgIpc) is 3.41. The minimum Gasteiger partial charge on any atom is -0.342 e. The first-order valence-corrected chi connectivity index (χ1v) is 12.4. The highest BCUT2D eigenvalue weighted by atomic mass is 32.2. The van der Waals surface area contributed by atoms with Gasteiger partial charge in [-0.1, -0.05) is 59.0 Å². The maximum Gasteiger partial charge on any atom is 0.251 e. The summed E-state index contributed by atoms with van der Waals surface area (Å²) in [6.07, 6.45) is 1.73. The molecule has 0 radical (unpaired) electrons. The van der Waals surface area contributed by atoms with Gasteiger partial charge in [-0.05, 0) is 38.1 Å². The Morgan fingerprint density at radius 3 is 2.79 bits per heavy atom. The SMILES string of the molecule is C=CCn1c(SCC(=O)Nc2nc3ccccc3s2)nnc1[C@@H](C)NC(=O)c1cccc(C)c1. The number of rotatable bonds is 9. The number of thiazole rings is 1. The summed E-state index contributed by atoms with van der Waals surface area (Å²) in [6.45, 7) is 8.06. The number of nitrogens with one attached hydrogen (secondary N) is 2. The van der Waals surface area contributed by atoms with E-state index < -0.39 is 0 Å². The molecule has 8 nitrogen and oxygen atoms in total. The topological polar surface area (TPSA) is 102 Å². The molecule has 2 aromatic carbocycles. The summed E-state index contributed by atoms with van der Waals surface area (Å²) in [5, 5.41) is 15.5. The van der Waals surface area contributed by atoms with Gasteiger partial charge in [0, 0.05) is 12.1 Å². The van der Waals surface area contributed by atoms with Gasteiger partial charge >= 0.3 is 0 Å². The van der Waals surface area contributed by atoms with Gasteiger partial charge in [-0.2, -0.15) is 0 Å². The van der Waals surface area contributed by atoms with Gasteiger partial charge in [0.25, 0.3) is 5.91 Å². The van der Waals surface area contributed by atoms with E-state index in [9.17, 15) is 9.59 Å². The van der Waals surface area contributed by atoms with Crippen LogP contribution in [-0.2, 0) is 11.3 Å². The van der Waals surface area contributed by atoms with Crippen LogP contribution in [0.15, 0.2) is 66.3 Å². The Kier molecular flexibility index (Phi) is 7.39. The first kappa shape index (κ1) is 23.7. The lowest BCUT2D eigenvalue weighted by Gasteiger charge is -2.15. The fourth-order valence-corrected chi connectivity index (χ4v) is 5.01. The molecule has 0 fully saturated rings. The predicted molar refractivity (Wildman–Crippen MR) is 136 cm³/mol. The van der Waals surface area contributed by atoms with Crippen molar-refractivity contribution in [2.24, 2.45) is 0 Å². The van der Waals surface area contributed by atoms with Crippen LogP contribution in [0, 0.1) is 6.92 Å². The number of hydrogen-bond donors (Lipinski definition) is 2. The zero-order valence-electron chi connectivity index (χ0n) is 18.8. The number of allylic oxidation sites excluding steroid dienone is 1. The summed E-state index contributed by atoms with van der Waals surface area (Å²) in [7, 11) is 0. The number of benzene rings is 2. The lowest BCUT2D eigenvalue weighted by molar-refractivity contribution is -0.113. The highest BCUT2D eigenvalue weighted by Crippen LogP contribution is 2.26. The molecule has 0 saturated heterocycles. The fourth-order valence-electron chi connectivity index (χ4n) is 3.37. The molecule has 2 N–H and O–H groups in total. The second-order valence-corrected chi connectivity index (χ2v) is 9.60. The van der Waals surface area contributed by atoms with Crippen LogP contribution >= 0.6 is 23.1 Å². The molecular weight excluding hydrogens is 468 g/mol. The predicted octanol–water partition coefficient (Wildman–Crippen LogP) is 4.60. The Balaban J connectivity index is 1.41. The summed E-state index contributed by atoms with van der Waals surface area (Å²) in [4.78, 5) is 29.6. The van der Waals surface area contributed by atoms with E-state index in [2.05, 4.69) is 32.4 Å². The minimum atomic E-state index is -0.383. The number of aryl methyl sites for hydroxylation is 1. The van der Waals surface area contributed by atoms with Crippen LogP contribution in [0.25, 0.3) is 10.2 Å². The fraction of sp³-hybridized carbons (Fsp3) is 0.208. The van der Waals surface area contributed by atoms with E-state index in [1.807, 2.05) is 60.9 Å². The van der Waals surface area contributed by atoms with Gasteiger partial charge in [-0.15, -0.1) is 16.8 Å². The Labute approximate surface area is 205 Å². The first-order chi connectivity index (χ1) is 16.4. The monoisotopic (exact) mass is 492 g/mol. The number of amides is 2. The van der Waals surface area contributed by atoms with E-state index in [1.165, 1.54) is 23.1 Å². The second kappa shape index (κ2) is 10.6. The van der Waals surface area contributed by atoms with Crippen molar-refractivity contribution in [3.05, 3.63) is 78.1 Å². The molecule has 0 aliphatic rings. The summed E-state index contributed by atoms with van der Waals surface area (Å²) in [5.74, 6) is 0.373. The lowest BCUT2D eigenvalue weighted by Crippen LogP contribution is -2.28. The van der Waals surface area contributed by atoms with Gasteiger partial charge in [-0.25, -0.2) is 4.98 Å². The quantitative estimate of drug-likeness (QED) is 0.261. The van der Waals surface area contributed by atoms with Crippen LogP contribution in [0.5, 0.6) is 0 Å². The van der Waals surface area contributed by atoms with Crippen molar-refractivity contribution in [2.45, 2.75) is 31.6 Å². The van der Waals surface area contributed by atoms with Gasteiger partial charge in [0.2, 0.25) is 5.91 Å². The lowest BCUT2D eigenvalue weighted by atomic mass is 10.1. The Morgan fingerprint density at radius 2 is 2.03 bits per heavy atom. The molecular formula is C24H24N6O2S2. The van der Waals surface area contributed by atoms with Crippen molar-refractivity contribution in [3.8, 4) is 0 Å².